The maximum Gasteiger partial charge on any atom is 0.256 e. The number of sulfone groups is 1. The molecule has 0 bridgehead atoms. The van der Waals surface area contributed by atoms with Crippen LogP contribution in [0.2, 0.25) is 5.02 Å². The van der Waals surface area contributed by atoms with Crippen molar-refractivity contribution in [1.29, 1.82) is 0 Å². The van der Waals surface area contributed by atoms with E-state index in [0.717, 1.165) is 0 Å². The molecule has 2 unspecified atom stereocenters. The van der Waals surface area contributed by atoms with E-state index in [2.05, 4.69) is 0 Å². The minimum absolute atomic E-state index is 0.181. The SMILES string of the molecule is COc1cccc(C(OC)C(=O)N(C)C2CS(=O)(=O)c3ccc(Cl)cc32)c1. The molecule has 2 atom stereocenters. The minimum Gasteiger partial charge on any atom is -0.497 e. The summed E-state index contributed by atoms with van der Waals surface area (Å²) >= 11 is 6.05. The van der Waals surface area contributed by atoms with Crippen molar-refractivity contribution in [3.63, 3.8) is 0 Å². The van der Waals surface area contributed by atoms with E-state index in [0.29, 0.717) is 21.9 Å². The van der Waals surface area contributed by atoms with Crippen LogP contribution < -0.4 is 4.74 Å². The molecule has 0 spiro atoms. The third-order valence-corrected chi connectivity index (χ3v) is 6.75. The molecule has 1 amide bonds. The topological polar surface area (TPSA) is 72.9 Å². The summed E-state index contributed by atoms with van der Waals surface area (Å²) in [4.78, 5) is 14.7. The summed E-state index contributed by atoms with van der Waals surface area (Å²) in [6.07, 6.45) is -0.879. The van der Waals surface area contributed by atoms with Gasteiger partial charge in [-0.1, -0.05) is 23.7 Å². The molecule has 0 radical (unpaired) electrons. The first-order chi connectivity index (χ1) is 12.8. The molecule has 0 aromatic heterocycles. The van der Waals surface area contributed by atoms with Gasteiger partial charge in [-0.15, -0.1) is 0 Å². The molecule has 27 heavy (non-hydrogen) atoms. The molecular weight excluding hydrogens is 390 g/mol. The largest absolute Gasteiger partial charge is 0.497 e. The maximum atomic E-state index is 13.1. The number of amides is 1. The zero-order valence-electron chi connectivity index (χ0n) is 15.2. The summed E-state index contributed by atoms with van der Waals surface area (Å²) in [7, 11) is 1.08. The van der Waals surface area contributed by atoms with Gasteiger partial charge >= 0.3 is 0 Å². The summed E-state index contributed by atoms with van der Waals surface area (Å²) in [5.74, 6) is 0.0729. The van der Waals surface area contributed by atoms with Crippen LogP contribution in [0.5, 0.6) is 5.75 Å². The molecular formula is C19H20ClNO5S. The van der Waals surface area contributed by atoms with Crippen LogP contribution in [0.25, 0.3) is 0 Å². The van der Waals surface area contributed by atoms with Crippen LogP contribution in [0.15, 0.2) is 47.4 Å². The second-order valence-electron chi connectivity index (χ2n) is 6.32. The van der Waals surface area contributed by atoms with Crippen LogP contribution in [0.1, 0.15) is 23.3 Å². The normalized spacial score (nSPS) is 18.6. The summed E-state index contributed by atoms with van der Waals surface area (Å²) in [6, 6.07) is 11.0. The molecule has 3 rings (SSSR count). The molecule has 2 aromatic rings. The van der Waals surface area contributed by atoms with Crippen LogP contribution in [0.4, 0.5) is 0 Å². The van der Waals surface area contributed by atoms with Crippen molar-refractivity contribution in [2.24, 2.45) is 0 Å². The number of hydrogen-bond donors (Lipinski definition) is 0. The highest BCUT2D eigenvalue weighted by atomic mass is 35.5. The monoisotopic (exact) mass is 409 g/mol. The van der Waals surface area contributed by atoms with Gasteiger partial charge < -0.3 is 14.4 Å². The Balaban J connectivity index is 1.94. The van der Waals surface area contributed by atoms with E-state index in [1.54, 1.807) is 44.5 Å². The molecule has 0 aliphatic carbocycles. The Morgan fingerprint density at radius 2 is 1.96 bits per heavy atom. The predicted octanol–water partition coefficient (Wildman–Crippen LogP) is 3.02. The Morgan fingerprint density at radius 1 is 1.22 bits per heavy atom. The molecule has 144 valence electrons. The first kappa shape index (κ1) is 19.7. The van der Waals surface area contributed by atoms with E-state index in [-0.39, 0.29) is 16.6 Å². The first-order valence-corrected chi connectivity index (χ1v) is 10.3. The lowest BCUT2D eigenvalue weighted by atomic mass is 10.0. The molecule has 0 N–H and O–H groups in total. The predicted molar refractivity (Wildman–Crippen MR) is 102 cm³/mol. The summed E-state index contributed by atoms with van der Waals surface area (Å²) in [5, 5.41) is 0.424. The summed E-state index contributed by atoms with van der Waals surface area (Å²) < 4.78 is 35.6. The number of rotatable bonds is 5. The Hall–Kier alpha value is -2.09. The van der Waals surface area contributed by atoms with E-state index in [1.165, 1.54) is 24.1 Å². The van der Waals surface area contributed by atoms with Crippen molar-refractivity contribution in [1.82, 2.24) is 4.90 Å². The molecule has 0 saturated heterocycles. The number of ether oxygens (including phenoxy) is 2. The van der Waals surface area contributed by atoms with Crippen LogP contribution in [-0.2, 0) is 19.4 Å². The highest BCUT2D eigenvalue weighted by Gasteiger charge is 2.40. The quantitative estimate of drug-likeness (QED) is 0.758. The van der Waals surface area contributed by atoms with E-state index >= 15 is 0 Å². The molecule has 1 aliphatic heterocycles. The Morgan fingerprint density at radius 3 is 2.63 bits per heavy atom. The first-order valence-electron chi connectivity index (χ1n) is 8.24. The van der Waals surface area contributed by atoms with Gasteiger partial charge in [-0.25, -0.2) is 8.42 Å². The van der Waals surface area contributed by atoms with Gasteiger partial charge in [0.2, 0.25) is 0 Å². The number of halogens is 1. The standard InChI is InChI=1S/C19H20ClNO5S/c1-21(16-11-27(23,24)17-8-7-13(20)10-15(16)17)19(22)18(26-3)12-5-4-6-14(9-12)25-2/h4-10,16,18H,11H2,1-3H3. The molecule has 1 heterocycles. The highest BCUT2D eigenvalue weighted by Crippen LogP contribution is 2.39. The van der Waals surface area contributed by atoms with Gasteiger partial charge in [0.05, 0.1) is 23.8 Å². The second kappa shape index (κ2) is 7.50. The van der Waals surface area contributed by atoms with Gasteiger partial charge in [-0.05, 0) is 41.5 Å². The van der Waals surface area contributed by atoms with Crippen LogP contribution >= 0.6 is 11.6 Å². The number of carbonyl (C=O) groups is 1. The molecule has 8 heteroatoms. The van der Waals surface area contributed by atoms with E-state index in [4.69, 9.17) is 21.1 Å². The second-order valence-corrected chi connectivity index (χ2v) is 8.76. The number of likely N-dealkylation sites (N-methyl/N-ethyl adjacent to an activating group) is 1. The average Bonchev–Trinajstić information content (AvgIpc) is 2.92. The number of carbonyl (C=O) groups excluding carboxylic acids is 1. The van der Waals surface area contributed by atoms with Crippen molar-refractivity contribution in [2.45, 2.75) is 17.0 Å². The lowest BCUT2D eigenvalue weighted by molar-refractivity contribution is -0.143. The molecule has 6 nitrogen and oxygen atoms in total. The van der Waals surface area contributed by atoms with Gasteiger partial charge in [0.15, 0.2) is 15.9 Å². The fourth-order valence-electron chi connectivity index (χ4n) is 3.29. The van der Waals surface area contributed by atoms with Crippen molar-refractivity contribution < 1.29 is 22.7 Å². The third kappa shape index (κ3) is 3.67. The Kier molecular flexibility index (Phi) is 5.46. The number of hydrogen-bond acceptors (Lipinski definition) is 5. The van der Waals surface area contributed by atoms with E-state index in [1.807, 2.05) is 0 Å². The van der Waals surface area contributed by atoms with Gasteiger partial charge in [0, 0.05) is 19.2 Å². The van der Waals surface area contributed by atoms with Crippen LogP contribution in [0.3, 0.4) is 0 Å². The van der Waals surface area contributed by atoms with E-state index in [9.17, 15) is 13.2 Å². The number of nitrogens with zero attached hydrogens (tertiary/aromatic N) is 1. The summed E-state index contributed by atoms with van der Waals surface area (Å²) in [6.45, 7) is 0. The number of fused-ring (bicyclic) bond motifs is 1. The smallest absolute Gasteiger partial charge is 0.256 e. The maximum absolute atomic E-state index is 13.1. The lowest BCUT2D eigenvalue weighted by Crippen LogP contribution is -2.36. The summed E-state index contributed by atoms with van der Waals surface area (Å²) in [5.41, 5.74) is 1.15. The third-order valence-electron chi connectivity index (χ3n) is 4.71. The highest BCUT2D eigenvalue weighted by molar-refractivity contribution is 7.91. The van der Waals surface area contributed by atoms with Crippen LogP contribution in [-0.4, -0.2) is 46.2 Å². The Labute approximate surface area is 163 Å². The van der Waals surface area contributed by atoms with Gasteiger partial charge in [-0.2, -0.15) is 0 Å². The zero-order valence-corrected chi connectivity index (χ0v) is 16.8. The average molecular weight is 410 g/mol. The fraction of sp³-hybridized carbons (Fsp3) is 0.316. The Bertz CT molecular complexity index is 976. The number of benzene rings is 2. The van der Waals surface area contributed by atoms with Gasteiger partial charge in [-0.3, -0.25) is 4.79 Å². The van der Waals surface area contributed by atoms with Crippen molar-refractivity contribution in [2.75, 3.05) is 27.0 Å². The van der Waals surface area contributed by atoms with Crippen molar-refractivity contribution in [3.8, 4) is 5.75 Å². The van der Waals surface area contributed by atoms with Crippen molar-refractivity contribution in [3.05, 3.63) is 58.6 Å². The van der Waals surface area contributed by atoms with Crippen molar-refractivity contribution >= 4 is 27.3 Å². The molecule has 1 aliphatic rings. The van der Waals surface area contributed by atoms with Gasteiger partial charge in [0.25, 0.3) is 5.91 Å². The molecule has 0 saturated carbocycles. The minimum atomic E-state index is -3.47. The number of methoxy groups -OCH3 is 2. The van der Waals surface area contributed by atoms with E-state index < -0.39 is 22.0 Å². The van der Waals surface area contributed by atoms with Crippen LogP contribution in [0, 0.1) is 0 Å². The van der Waals surface area contributed by atoms with Gasteiger partial charge in [0.1, 0.15) is 5.75 Å². The molecule has 2 aromatic carbocycles. The fourth-order valence-corrected chi connectivity index (χ4v) is 5.30. The molecule has 0 fully saturated rings. The zero-order chi connectivity index (χ0) is 19.8. The lowest BCUT2D eigenvalue weighted by Gasteiger charge is -2.28.